The van der Waals surface area contributed by atoms with Crippen molar-refractivity contribution in [1.82, 2.24) is 0 Å². The Hall–Kier alpha value is -1.20. The molecule has 0 aromatic heterocycles. The van der Waals surface area contributed by atoms with Gasteiger partial charge >= 0.3 is 0 Å². The molecule has 0 aliphatic carbocycles. The second-order valence-electron chi connectivity index (χ2n) is 3.56. The molecule has 17 heavy (non-hydrogen) atoms. The number of anilines is 1. The van der Waals surface area contributed by atoms with Crippen molar-refractivity contribution in [3.8, 4) is 0 Å². The third kappa shape index (κ3) is 3.64. The highest BCUT2D eigenvalue weighted by Crippen LogP contribution is 2.21. The first-order valence-corrected chi connectivity index (χ1v) is 5.47. The molecule has 1 aromatic rings. The maximum absolute atomic E-state index is 13.5. The fourth-order valence-corrected chi connectivity index (χ4v) is 1.33. The molecule has 6 heteroatoms. The lowest BCUT2D eigenvalue weighted by Crippen LogP contribution is -2.22. The Labute approximate surface area is 102 Å². The molecule has 1 rings (SSSR count). The average molecular weight is 264 g/mol. The van der Waals surface area contributed by atoms with Gasteiger partial charge in [-0.25, -0.2) is 8.78 Å². The summed E-state index contributed by atoms with van der Waals surface area (Å²) in [4.78, 5) is 11.0. The Balaban J connectivity index is 2.90. The first-order valence-electron chi connectivity index (χ1n) is 4.93. The lowest BCUT2D eigenvalue weighted by Gasteiger charge is -2.12. The van der Waals surface area contributed by atoms with Crippen LogP contribution < -0.4 is 5.32 Å². The van der Waals surface area contributed by atoms with Crippen LogP contribution in [0, 0.1) is 11.6 Å². The van der Waals surface area contributed by atoms with Gasteiger partial charge in [0, 0.05) is 12.1 Å². The van der Waals surface area contributed by atoms with Crippen molar-refractivity contribution in [3.63, 3.8) is 0 Å². The van der Waals surface area contributed by atoms with Crippen LogP contribution in [-0.4, -0.2) is 29.4 Å². The average Bonchev–Trinajstić information content (AvgIpc) is 2.27. The number of rotatable bonds is 5. The molecule has 1 atom stereocenters. The first-order chi connectivity index (χ1) is 7.95. The number of hydrogen-bond donors (Lipinski definition) is 2. The molecule has 0 saturated heterocycles. The number of carbonyl (C=O) groups excluding carboxylic acids is 1. The minimum Gasteiger partial charge on any atom is -0.390 e. The van der Waals surface area contributed by atoms with Crippen LogP contribution in [0.15, 0.2) is 12.1 Å². The van der Waals surface area contributed by atoms with Crippen molar-refractivity contribution in [2.75, 3.05) is 17.7 Å². The molecule has 0 radical (unpaired) electrons. The SMILES string of the molecule is CC(=O)c1cc(F)c(NCC(O)CCl)c(F)c1. The van der Waals surface area contributed by atoms with Crippen molar-refractivity contribution in [2.24, 2.45) is 0 Å². The van der Waals surface area contributed by atoms with Gasteiger partial charge in [-0.05, 0) is 19.1 Å². The van der Waals surface area contributed by atoms with Crippen molar-refractivity contribution in [1.29, 1.82) is 0 Å². The normalized spacial score (nSPS) is 12.3. The largest absolute Gasteiger partial charge is 0.390 e. The van der Waals surface area contributed by atoms with Crippen LogP contribution in [0.5, 0.6) is 0 Å². The van der Waals surface area contributed by atoms with E-state index in [-0.39, 0.29) is 23.7 Å². The molecular formula is C11H12ClF2NO2. The molecule has 0 fully saturated rings. The van der Waals surface area contributed by atoms with E-state index < -0.39 is 23.5 Å². The predicted molar refractivity (Wildman–Crippen MR) is 61.6 cm³/mol. The molecule has 2 N–H and O–H groups in total. The summed E-state index contributed by atoms with van der Waals surface area (Å²) in [5.74, 6) is -2.22. The van der Waals surface area contributed by atoms with Gasteiger partial charge in [-0.1, -0.05) is 0 Å². The van der Waals surface area contributed by atoms with Gasteiger partial charge in [0.05, 0.1) is 12.0 Å². The van der Waals surface area contributed by atoms with Gasteiger partial charge in [0.2, 0.25) is 0 Å². The molecule has 0 spiro atoms. The highest BCUT2D eigenvalue weighted by atomic mass is 35.5. The van der Waals surface area contributed by atoms with Crippen LogP contribution in [0.3, 0.4) is 0 Å². The third-order valence-corrected chi connectivity index (χ3v) is 2.50. The van der Waals surface area contributed by atoms with Gasteiger partial charge < -0.3 is 10.4 Å². The number of benzene rings is 1. The van der Waals surface area contributed by atoms with Gasteiger partial charge in [0.25, 0.3) is 0 Å². The summed E-state index contributed by atoms with van der Waals surface area (Å²) in [6, 6.07) is 1.89. The van der Waals surface area contributed by atoms with E-state index in [1.54, 1.807) is 0 Å². The quantitative estimate of drug-likeness (QED) is 0.632. The molecule has 0 aliphatic heterocycles. The zero-order chi connectivity index (χ0) is 13.0. The molecule has 0 heterocycles. The predicted octanol–water partition coefficient (Wildman–Crippen LogP) is 2.18. The van der Waals surface area contributed by atoms with Gasteiger partial charge in [-0.15, -0.1) is 11.6 Å². The Morgan fingerprint density at radius 1 is 1.47 bits per heavy atom. The molecule has 1 unspecified atom stereocenters. The smallest absolute Gasteiger partial charge is 0.160 e. The number of Topliss-reactive ketones (excluding diaryl/α,β-unsaturated/α-hetero) is 1. The molecule has 0 saturated carbocycles. The van der Waals surface area contributed by atoms with E-state index in [4.69, 9.17) is 16.7 Å². The number of hydrogen-bond acceptors (Lipinski definition) is 3. The van der Waals surface area contributed by atoms with Crippen LogP contribution in [-0.2, 0) is 0 Å². The van der Waals surface area contributed by atoms with Crippen LogP contribution in [0.1, 0.15) is 17.3 Å². The summed E-state index contributed by atoms with van der Waals surface area (Å²) in [5.41, 5.74) is -0.414. The molecular weight excluding hydrogens is 252 g/mol. The number of nitrogens with one attached hydrogen (secondary N) is 1. The Bertz CT molecular complexity index is 403. The number of carbonyl (C=O) groups is 1. The highest BCUT2D eigenvalue weighted by Gasteiger charge is 2.14. The van der Waals surface area contributed by atoms with Crippen LogP contribution >= 0.6 is 11.6 Å². The highest BCUT2D eigenvalue weighted by molar-refractivity contribution is 6.18. The van der Waals surface area contributed by atoms with E-state index in [1.165, 1.54) is 6.92 Å². The van der Waals surface area contributed by atoms with Crippen LogP contribution in [0.25, 0.3) is 0 Å². The van der Waals surface area contributed by atoms with E-state index >= 15 is 0 Å². The summed E-state index contributed by atoms with van der Waals surface area (Å²) in [7, 11) is 0. The number of ketones is 1. The second-order valence-corrected chi connectivity index (χ2v) is 3.87. The summed E-state index contributed by atoms with van der Waals surface area (Å²) in [5, 5.41) is 11.6. The number of alkyl halides is 1. The minimum absolute atomic E-state index is 0.0385. The Kier molecular flexibility index (Phi) is 4.84. The Morgan fingerprint density at radius 2 is 2.00 bits per heavy atom. The van der Waals surface area contributed by atoms with Crippen LogP contribution in [0.4, 0.5) is 14.5 Å². The molecule has 3 nitrogen and oxygen atoms in total. The maximum atomic E-state index is 13.5. The molecule has 0 amide bonds. The summed E-state index contributed by atoms with van der Waals surface area (Å²) >= 11 is 5.34. The van der Waals surface area contributed by atoms with E-state index in [9.17, 15) is 13.6 Å². The lowest BCUT2D eigenvalue weighted by atomic mass is 10.1. The minimum atomic E-state index is -0.900. The second kappa shape index (κ2) is 5.93. The zero-order valence-electron chi connectivity index (χ0n) is 9.14. The molecule has 0 aliphatic rings. The van der Waals surface area contributed by atoms with Crippen LogP contribution in [0.2, 0.25) is 0 Å². The van der Waals surface area contributed by atoms with Crippen molar-refractivity contribution < 1.29 is 18.7 Å². The number of aliphatic hydroxyl groups excluding tert-OH is 1. The monoisotopic (exact) mass is 263 g/mol. The van der Waals surface area contributed by atoms with Crippen molar-refractivity contribution >= 4 is 23.1 Å². The number of aliphatic hydroxyl groups is 1. The number of halogens is 3. The maximum Gasteiger partial charge on any atom is 0.160 e. The molecule has 1 aromatic carbocycles. The topological polar surface area (TPSA) is 49.3 Å². The fourth-order valence-electron chi connectivity index (χ4n) is 1.22. The first kappa shape index (κ1) is 13.9. The van der Waals surface area contributed by atoms with Gasteiger partial charge in [0.1, 0.15) is 17.3 Å². The van der Waals surface area contributed by atoms with Crippen molar-refractivity contribution in [3.05, 3.63) is 29.3 Å². The van der Waals surface area contributed by atoms with E-state index in [1.807, 2.05) is 0 Å². The molecule has 0 bridgehead atoms. The summed E-state index contributed by atoms with van der Waals surface area (Å²) in [6.07, 6.45) is -0.900. The van der Waals surface area contributed by atoms with Gasteiger partial charge in [-0.2, -0.15) is 0 Å². The molecule has 94 valence electrons. The summed E-state index contributed by atoms with van der Waals surface area (Å²) < 4.78 is 26.9. The van der Waals surface area contributed by atoms with Crippen molar-refractivity contribution in [2.45, 2.75) is 13.0 Å². The lowest BCUT2D eigenvalue weighted by molar-refractivity contribution is 0.101. The Morgan fingerprint density at radius 3 is 2.41 bits per heavy atom. The third-order valence-electron chi connectivity index (χ3n) is 2.14. The fraction of sp³-hybridized carbons (Fsp3) is 0.364. The van der Waals surface area contributed by atoms with E-state index in [0.717, 1.165) is 12.1 Å². The van der Waals surface area contributed by atoms with Gasteiger partial charge in [-0.3, -0.25) is 4.79 Å². The summed E-state index contributed by atoms with van der Waals surface area (Å²) in [6.45, 7) is 1.15. The van der Waals surface area contributed by atoms with Gasteiger partial charge in [0.15, 0.2) is 5.78 Å². The van der Waals surface area contributed by atoms with E-state index in [2.05, 4.69) is 5.32 Å². The standard InChI is InChI=1S/C11H12ClF2NO2/c1-6(16)7-2-9(13)11(10(14)3-7)15-5-8(17)4-12/h2-3,8,15,17H,4-5H2,1H3. The van der Waals surface area contributed by atoms with E-state index in [0.29, 0.717) is 0 Å². The zero-order valence-corrected chi connectivity index (χ0v) is 9.89.